The van der Waals surface area contributed by atoms with Crippen molar-refractivity contribution in [3.05, 3.63) is 28.8 Å². The second-order valence-electron chi connectivity index (χ2n) is 5.90. The van der Waals surface area contributed by atoms with Crippen molar-refractivity contribution in [2.45, 2.75) is 50.1 Å². The molecule has 2 unspecified atom stereocenters. The van der Waals surface area contributed by atoms with E-state index in [1.165, 1.54) is 16.8 Å². The average molecular weight is 331 g/mol. The van der Waals surface area contributed by atoms with E-state index in [9.17, 15) is 8.42 Å². The fourth-order valence-corrected chi connectivity index (χ4v) is 4.69. The maximum absolute atomic E-state index is 12.7. The molecule has 0 aliphatic heterocycles. The summed E-state index contributed by atoms with van der Waals surface area (Å²) in [5.74, 6) is 0.574. The smallest absolute Gasteiger partial charge is 0.243 e. The third-order valence-corrected chi connectivity index (χ3v) is 6.60. The highest BCUT2D eigenvalue weighted by Gasteiger charge is 2.31. The molecule has 21 heavy (non-hydrogen) atoms. The van der Waals surface area contributed by atoms with Crippen molar-refractivity contribution < 1.29 is 8.42 Å². The number of rotatable bonds is 4. The Morgan fingerprint density at radius 1 is 1.38 bits per heavy atom. The molecule has 0 amide bonds. The number of hydrogen-bond donors (Lipinski definition) is 1. The Labute approximate surface area is 132 Å². The summed E-state index contributed by atoms with van der Waals surface area (Å²) in [7, 11) is -1.83. The normalized spacial score (nSPS) is 23.5. The lowest BCUT2D eigenvalue weighted by atomic mass is 9.87. The Bertz CT molecular complexity index is 604. The van der Waals surface area contributed by atoms with E-state index in [1.807, 2.05) is 0 Å². The molecule has 0 spiro atoms. The van der Waals surface area contributed by atoms with Crippen LogP contribution < -0.4 is 5.73 Å². The zero-order valence-electron chi connectivity index (χ0n) is 12.5. The standard InChI is InChI=1S/C15H23ClN2O2S/c1-11-4-3-5-13(8-11)18(2)21(19,20)14-7-6-12(10-17)15(16)9-14/h6-7,9,11,13H,3-5,8,10,17H2,1-2H3. The van der Waals surface area contributed by atoms with Gasteiger partial charge in [-0.2, -0.15) is 4.31 Å². The number of sulfonamides is 1. The van der Waals surface area contributed by atoms with Gasteiger partial charge in [-0.25, -0.2) is 8.42 Å². The summed E-state index contributed by atoms with van der Waals surface area (Å²) in [6.45, 7) is 2.48. The summed E-state index contributed by atoms with van der Waals surface area (Å²) in [4.78, 5) is 0.241. The Balaban J connectivity index is 2.26. The van der Waals surface area contributed by atoms with Crippen LogP contribution in [0.1, 0.15) is 38.2 Å². The second kappa shape index (κ2) is 6.65. The van der Waals surface area contributed by atoms with Crippen molar-refractivity contribution in [3.63, 3.8) is 0 Å². The summed E-state index contributed by atoms with van der Waals surface area (Å²) in [5, 5.41) is 0.406. The van der Waals surface area contributed by atoms with E-state index in [4.69, 9.17) is 17.3 Å². The quantitative estimate of drug-likeness (QED) is 0.923. The van der Waals surface area contributed by atoms with Crippen LogP contribution in [0.15, 0.2) is 23.1 Å². The highest BCUT2D eigenvalue weighted by molar-refractivity contribution is 7.89. The van der Waals surface area contributed by atoms with Gasteiger partial charge in [0.2, 0.25) is 10.0 Å². The molecule has 2 rings (SSSR count). The van der Waals surface area contributed by atoms with Gasteiger partial charge in [0.05, 0.1) is 4.90 Å². The van der Waals surface area contributed by atoms with E-state index in [0.29, 0.717) is 17.5 Å². The molecule has 1 saturated carbocycles. The zero-order valence-corrected chi connectivity index (χ0v) is 14.1. The van der Waals surface area contributed by atoms with Crippen LogP contribution >= 0.6 is 11.6 Å². The third-order valence-electron chi connectivity index (χ3n) is 4.34. The average Bonchev–Trinajstić information content (AvgIpc) is 2.46. The summed E-state index contributed by atoms with van der Waals surface area (Å²) >= 11 is 6.09. The lowest BCUT2D eigenvalue weighted by Gasteiger charge is -2.33. The molecule has 0 bridgehead atoms. The molecule has 0 heterocycles. The van der Waals surface area contributed by atoms with Gasteiger partial charge < -0.3 is 5.73 Å². The van der Waals surface area contributed by atoms with Crippen molar-refractivity contribution in [2.24, 2.45) is 11.7 Å². The maximum atomic E-state index is 12.7. The SMILES string of the molecule is CC1CCCC(N(C)S(=O)(=O)c2ccc(CN)c(Cl)c2)C1. The van der Waals surface area contributed by atoms with Crippen LogP contribution in [0.25, 0.3) is 0 Å². The summed E-state index contributed by atoms with van der Waals surface area (Å²) < 4.78 is 27.0. The summed E-state index contributed by atoms with van der Waals surface area (Å²) in [6.07, 6.45) is 4.11. The lowest BCUT2D eigenvalue weighted by molar-refractivity contribution is 0.239. The number of benzene rings is 1. The van der Waals surface area contributed by atoms with E-state index in [-0.39, 0.29) is 10.9 Å². The van der Waals surface area contributed by atoms with Gasteiger partial charge in [-0.15, -0.1) is 0 Å². The molecule has 1 fully saturated rings. The van der Waals surface area contributed by atoms with E-state index >= 15 is 0 Å². The minimum Gasteiger partial charge on any atom is -0.326 e. The molecule has 0 aromatic heterocycles. The molecule has 4 nitrogen and oxygen atoms in total. The van der Waals surface area contributed by atoms with Gasteiger partial charge in [-0.1, -0.05) is 37.4 Å². The Morgan fingerprint density at radius 3 is 2.67 bits per heavy atom. The number of nitrogens with zero attached hydrogens (tertiary/aromatic N) is 1. The zero-order chi connectivity index (χ0) is 15.6. The largest absolute Gasteiger partial charge is 0.326 e. The molecular weight excluding hydrogens is 308 g/mol. The van der Waals surface area contributed by atoms with Gasteiger partial charge >= 0.3 is 0 Å². The molecule has 1 aromatic carbocycles. The molecule has 118 valence electrons. The Hall–Kier alpha value is -0.620. The molecule has 1 aromatic rings. The predicted octanol–water partition coefficient (Wildman–Crippen LogP) is 3.00. The Kier molecular flexibility index (Phi) is 5.30. The molecule has 0 radical (unpaired) electrons. The van der Waals surface area contributed by atoms with Crippen LogP contribution in [0, 0.1) is 5.92 Å². The minimum atomic E-state index is -3.50. The third kappa shape index (κ3) is 3.59. The van der Waals surface area contributed by atoms with Crippen molar-refractivity contribution in [1.82, 2.24) is 4.31 Å². The minimum absolute atomic E-state index is 0.0757. The topological polar surface area (TPSA) is 63.4 Å². The van der Waals surface area contributed by atoms with Crippen molar-refractivity contribution in [2.75, 3.05) is 7.05 Å². The second-order valence-corrected chi connectivity index (χ2v) is 8.31. The van der Waals surface area contributed by atoms with Crippen molar-refractivity contribution in [1.29, 1.82) is 0 Å². The lowest BCUT2D eigenvalue weighted by Crippen LogP contribution is -2.39. The van der Waals surface area contributed by atoms with Crippen molar-refractivity contribution in [3.8, 4) is 0 Å². The maximum Gasteiger partial charge on any atom is 0.243 e. The van der Waals surface area contributed by atoms with E-state index in [0.717, 1.165) is 24.8 Å². The van der Waals surface area contributed by atoms with E-state index in [1.54, 1.807) is 19.2 Å². The first-order valence-electron chi connectivity index (χ1n) is 7.32. The molecule has 6 heteroatoms. The van der Waals surface area contributed by atoms with Crippen LogP contribution in [-0.4, -0.2) is 25.8 Å². The van der Waals surface area contributed by atoms with E-state index in [2.05, 4.69) is 6.92 Å². The number of halogens is 1. The first-order chi connectivity index (χ1) is 9.86. The Morgan fingerprint density at radius 2 is 2.10 bits per heavy atom. The predicted molar refractivity (Wildman–Crippen MR) is 85.7 cm³/mol. The van der Waals surface area contributed by atoms with Gasteiger partial charge in [0.15, 0.2) is 0 Å². The fraction of sp³-hybridized carbons (Fsp3) is 0.600. The van der Waals surface area contributed by atoms with Gasteiger partial charge in [0.1, 0.15) is 0 Å². The monoisotopic (exact) mass is 330 g/mol. The number of nitrogens with two attached hydrogens (primary N) is 1. The van der Waals surface area contributed by atoms with Crippen LogP contribution in [0.4, 0.5) is 0 Å². The first kappa shape index (κ1) is 16.7. The van der Waals surface area contributed by atoms with Gasteiger partial charge in [-0.3, -0.25) is 0 Å². The molecule has 0 saturated heterocycles. The van der Waals surface area contributed by atoms with Crippen LogP contribution in [0.2, 0.25) is 5.02 Å². The highest BCUT2D eigenvalue weighted by atomic mass is 35.5. The van der Waals surface area contributed by atoms with Crippen LogP contribution in [0.5, 0.6) is 0 Å². The molecular formula is C15H23ClN2O2S. The van der Waals surface area contributed by atoms with Gasteiger partial charge in [0, 0.05) is 24.7 Å². The highest BCUT2D eigenvalue weighted by Crippen LogP contribution is 2.30. The molecule has 2 N–H and O–H groups in total. The summed E-state index contributed by atoms with van der Waals surface area (Å²) in [5.41, 5.74) is 6.31. The fourth-order valence-electron chi connectivity index (χ4n) is 2.95. The van der Waals surface area contributed by atoms with E-state index < -0.39 is 10.0 Å². The van der Waals surface area contributed by atoms with Gasteiger partial charge in [0.25, 0.3) is 0 Å². The molecule has 2 atom stereocenters. The molecule has 1 aliphatic carbocycles. The number of hydrogen-bond acceptors (Lipinski definition) is 3. The van der Waals surface area contributed by atoms with Crippen LogP contribution in [-0.2, 0) is 16.6 Å². The van der Waals surface area contributed by atoms with Crippen LogP contribution in [0.3, 0.4) is 0 Å². The molecule has 1 aliphatic rings. The van der Waals surface area contributed by atoms with Gasteiger partial charge in [-0.05, 0) is 36.5 Å². The summed E-state index contributed by atoms with van der Waals surface area (Å²) in [6, 6.07) is 4.85. The van der Waals surface area contributed by atoms with Crippen molar-refractivity contribution >= 4 is 21.6 Å². The first-order valence-corrected chi connectivity index (χ1v) is 9.14.